The van der Waals surface area contributed by atoms with Crippen LogP contribution in [0.25, 0.3) is 0 Å². The molecule has 1 aromatic heterocycles. The van der Waals surface area contributed by atoms with Crippen LogP contribution in [-0.4, -0.2) is 33.4 Å². The van der Waals surface area contributed by atoms with Gasteiger partial charge in [0.1, 0.15) is 12.4 Å². The van der Waals surface area contributed by atoms with Gasteiger partial charge in [0.2, 0.25) is 0 Å². The van der Waals surface area contributed by atoms with Crippen molar-refractivity contribution < 1.29 is 14.3 Å². The molecule has 6 nitrogen and oxygen atoms in total. The molecule has 1 heterocycles. The molecule has 6 heteroatoms. The summed E-state index contributed by atoms with van der Waals surface area (Å²) in [5, 5.41) is 8.37. The molecule has 0 saturated carbocycles. The number of aldehydes is 1. The number of rotatable bonds is 5. The van der Waals surface area contributed by atoms with Crippen LogP contribution in [0.2, 0.25) is 0 Å². The number of ether oxygens (including phenoxy) is 1. The van der Waals surface area contributed by atoms with Gasteiger partial charge in [-0.2, -0.15) is 0 Å². The molecule has 0 saturated heterocycles. The van der Waals surface area contributed by atoms with Crippen molar-refractivity contribution in [3.05, 3.63) is 11.4 Å². The fraction of sp³-hybridized carbons (Fsp3) is 0.714. The minimum atomic E-state index is -0.273. The minimum Gasteiger partial charge on any atom is -0.462 e. The van der Waals surface area contributed by atoms with Gasteiger partial charge in [0.05, 0.1) is 17.8 Å². The molecule has 0 amide bonds. The molecule has 0 N–H and O–H groups in total. The fourth-order valence-corrected chi connectivity index (χ4v) is 2.57. The summed E-state index contributed by atoms with van der Waals surface area (Å²) >= 11 is 0. The molecule has 0 radical (unpaired) electrons. The van der Waals surface area contributed by atoms with Crippen LogP contribution < -0.4 is 0 Å². The summed E-state index contributed by atoms with van der Waals surface area (Å²) in [6.45, 7) is 2.86. The van der Waals surface area contributed by atoms with E-state index in [9.17, 15) is 9.59 Å². The van der Waals surface area contributed by atoms with E-state index < -0.39 is 0 Å². The van der Waals surface area contributed by atoms with Crippen LogP contribution in [0.3, 0.4) is 0 Å². The number of hydrogen-bond donors (Lipinski definition) is 0. The first-order valence-corrected chi connectivity index (χ1v) is 7.29. The number of fused-ring (bicyclic) bond motifs is 1. The summed E-state index contributed by atoms with van der Waals surface area (Å²) in [5.74, 6) is -0.273. The Hall–Kier alpha value is -1.72. The van der Waals surface area contributed by atoms with Gasteiger partial charge in [0, 0.05) is 13.0 Å². The second kappa shape index (κ2) is 7.17. The first-order chi connectivity index (χ1) is 9.74. The maximum atomic E-state index is 11.6. The number of carbonyl (C=O) groups is 2. The van der Waals surface area contributed by atoms with Crippen molar-refractivity contribution in [3.8, 4) is 0 Å². The lowest BCUT2D eigenvalue weighted by Gasteiger charge is -2.20. The molecular weight excluding hydrogens is 258 g/mol. The Kier molecular flexibility index (Phi) is 5.26. The lowest BCUT2D eigenvalue weighted by Crippen LogP contribution is -2.22. The normalized spacial score (nSPS) is 18.8. The molecule has 2 rings (SSSR count). The van der Waals surface area contributed by atoms with E-state index in [0.29, 0.717) is 0 Å². The van der Waals surface area contributed by atoms with Gasteiger partial charge in [-0.25, -0.2) is 4.68 Å². The highest BCUT2D eigenvalue weighted by Crippen LogP contribution is 2.21. The van der Waals surface area contributed by atoms with E-state index in [-0.39, 0.29) is 24.9 Å². The zero-order valence-electron chi connectivity index (χ0n) is 11.9. The number of esters is 1. The van der Waals surface area contributed by atoms with Crippen LogP contribution >= 0.6 is 0 Å². The zero-order chi connectivity index (χ0) is 14.4. The Morgan fingerprint density at radius 2 is 2.30 bits per heavy atom. The molecule has 1 aliphatic carbocycles. The smallest absolute Gasteiger partial charge is 0.306 e. The highest BCUT2D eigenvalue weighted by molar-refractivity contribution is 5.72. The van der Waals surface area contributed by atoms with E-state index in [1.54, 1.807) is 0 Å². The Labute approximate surface area is 118 Å². The predicted molar refractivity (Wildman–Crippen MR) is 72.1 cm³/mol. The average molecular weight is 279 g/mol. The summed E-state index contributed by atoms with van der Waals surface area (Å²) in [6, 6.07) is 0. The second-order valence-electron chi connectivity index (χ2n) is 5.05. The van der Waals surface area contributed by atoms with Gasteiger partial charge in [-0.3, -0.25) is 4.79 Å². The number of nitrogens with zero attached hydrogens (tertiary/aromatic N) is 3. The molecule has 0 aliphatic heterocycles. The van der Waals surface area contributed by atoms with E-state index in [0.717, 1.165) is 50.6 Å². The monoisotopic (exact) mass is 279 g/mol. The molecule has 0 aromatic carbocycles. The Balaban J connectivity index is 1.93. The highest BCUT2D eigenvalue weighted by Gasteiger charge is 2.21. The Morgan fingerprint density at radius 3 is 3.05 bits per heavy atom. The van der Waals surface area contributed by atoms with Gasteiger partial charge in [-0.15, -0.1) is 5.10 Å². The molecule has 20 heavy (non-hydrogen) atoms. The van der Waals surface area contributed by atoms with Crippen molar-refractivity contribution in [3.63, 3.8) is 0 Å². The molecule has 110 valence electrons. The Morgan fingerprint density at radius 1 is 1.45 bits per heavy atom. The number of hydrogen-bond acceptors (Lipinski definition) is 5. The summed E-state index contributed by atoms with van der Waals surface area (Å²) in [6.07, 6.45) is 5.43. The number of aryl methyl sites for hydroxylation is 2. The van der Waals surface area contributed by atoms with Crippen molar-refractivity contribution in [1.29, 1.82) is 0 Å². The van der Waals surface area contributed by atoms with E-state index in [2.05, 4.69) is 10.3 Å². The largest absolute Gasteiger partial charge is 0.462 e. The van der Waals surface area contributed by atoms with Crippen molar-refractivity contribution in [2.75, 3.05) is 0 Å². The maximum absolute atomic E-state index is 11.6. The fourth-order valence-electron chi connectivity index (χ4n) is 2.57. The second-order valence-corrected chi connectivity index (χ2v) is 5.05. The van der Waals surface area contributed by atoms with Crippen LogP contribution in [0.4, 0.5) is 0 Å². The zero-order valence-corrected chi connectivity index (χ0v) is 11.9. The van der Waals surface area contributed by atoms with Gasteiger partial charge in [-0.1, -0.05) is 5.21 Å². The van der Waals surface area contributed by atoms with E-state index in [1.165, 1.54) is 5.69 Å². The predicted octanol–water partition coefficient (Wildman–Crippen LogP) is 1.46. The van der Waals surface area contributed by atoms with E-state index in [4.69, 9.17) is 4.74 Å². The summed E-state index contributed by atoms with van der Waals surface area (Å²) in [5.41, 5.74) is 2.25. The quantitative estimate of drug-likeness (QED) is 0.602. The van der Waals surface area contributed by atoms with Crippen LogP contribution in [0.5, 0.6) is 0 Å². The van der Waals surface area contributed by atoms with Crippen LogP contribution in [-0.2, 0) is 33.7 Å². The molecule has 1 aromatic rings. The van der Waals surface area contributed by atoms with Crippen molar-refractivity contribution in [1.82, 2.24) is 15.0 Å². The number of aromatic nitrogens is 3. The molecule has 0 bridgehead atoms. The number of carbonyl (C=O) groups excluding carboxylic acids is 2. The molecular formula is C14H21N3O3. The third-order valence-electron chi connectivity index (χ3n) is 3.62. The van der Waals surface area contributed by atoms with Gasteiger partial charge in [0.15, 0.2) is 0 Å². The summed E-state index contributed by atoms with van der Waals surface area (Å²) < 4.78 is 7.37. The van der Waals surface area contributed by atoms with Crippen LogP contribution in [0.15, 0.2) is 0 Å². The molecule has 1 aliphatic rings. The third kappa shape index (κ3) is 3.65. The first kappa shape index (κ1) is 14.7. The van der Waals surface area contributed by atoms with Crippen LogP contribution in [0, 0.1) is 0 Å². The maximum Gasteiger partial charge on any atom is 0.306 e. The standard InChI is InChI=1S/C14H21N3O3/c1-2-17-13-9-8-11(20-14(19)7-4-10-18)5-3-6-12(13)15-16-17/h10-11H,2-9H2,1H3. The molecule has 1 atom stereocenters. The van der Waals surface area contributed by atoms with Crippen molar-refractivity contribution in [2.24, 2.45) is 0 Å². The lowest BCUT2D eigenvalue weighted by molar-refractivity contribution is -0.150. The van der Waals surface area contributed by atoms with Gasteiger partial charge < -0.3 is 9.53 Å². The molecule has 0 fully saturated rings. The highest BCUT2D eigenvalue weighted by atomic mass is 16.5. The summed E-state index contributed by atoms with van der Waals surface area (Å²) in [7, 11) is 0. The minimum absolute atomic E-state index is 0.0532. The molecule has 0 spiro atoms. The topological polar surface area (TPSA) is 74.1 Å². The van der Waals surface area contributed by atoms with E-state index >= 15 is 0 Å². The SMILES string of the molecule is CCn1nnc2c1CCC(OC(=O)CCC=O)CCC2. The Bertz CT molecular complexity index is 470. The van der Waals surface area contributed by atoms with Crippen LogP contribution in [0.1, 0.15) is 50.4 Å². The van der Waals surface area contributed by atoms with Gasteiger partial charge in [-0.05, 0) is 39.0 Å². The first-order valence-electron chi connectivity index (χ1n) is 7.29. The summed E-state index contributed by atoms with van der Waals surface area (Å²) in [4.78, 5) is 21.8. The van der Waals surface area contributed by atoms with Gasteiger partial charge in [0.25, 0.3) is 0 Å². The lowest BCUT2D eigenvalue weighted by atomic mass is 9.98. The van der Waals surface area contributed by atoms with Crippen molar-refractivity contribution >= 4 is 12.3 Å². The molecule has 1 unspecified atom stereocenters. The third-order valence-corrected chi connectivity index (χ3v) is 3.62. The van der Waals surface area contributed by atoms with E-state index in [1.807, 2.05) is 11.6 Å². The average Bonchev–Trinajstić information content (AvgIpc) is 2.81. The van der Waals surface area contributed by atoms with Gasteiger partial charge >= 0.3 is 5.97 Å². The van der Waals surface area contributed by atoms with Crippen molar-refractivity contribution in [2.45, 2.75) is 64.5 Å².